The summed E-state index contributed by atoms with van der Waals surface area (Å²) < 4.78 is 20.8. The smallest absolute Gasteiger partial charge is 0.254 e. The Morgan fingerprint density at radius 3 is 2.38 bits per heavy atom. The second kappa shape index (κ2) is 7.14. The summed E-state index contributed by atoms with van der Waals surface area (Å²) in [5.41, 5.74) is 2.52. The Kier molecular flexibility index (Phi) is 4.54. The molecule has 1 aliphatic heterocycles. The molecule has 1 unspecified atom stereocenters. The molecule has 0 bridgehead atoms. The highest BCUT2D eigenvalue weighted by Gasteiger charge is 2.29. The van der Waals surface area contributed by atoms with E-state index in [1.165, 1.54) is 12.1 Å². The molecule has 0 radical (unpaired) electrons. The molecular weight excluding hydrogens is 331 g/mol. The highest BCUT2D eigenvalue weighted by molar-refractivity contribution is 5.94. The van der Waals surface area contributed by atoms with Crippen molar-refractivity contribution in [3.63, 3.8) is 0 Å². The van der Waals surface area contributed by atoms with Crippen LogP contribution < -0.4 is 0 Å². The number of rotatable bonds is 3. The molecule has 0 aliphatic carbocycles. The normalized spacial score (nSPS) is 17.3. The van der Waals surface area contributed by atoms with Gasteiger partial charge < -0.3 is 14.2 Å². The lowest BCUT2D eigenvalue weighted by Gasteiger charge is -2.36. The lowest BCUT2D eigenvalue weighted by Crippen LogP contribution is -2.43. The van der Waals surface area contributed by atoms with Crippen molar-refractivity contribution in [3.8, 4) is 5.69 Å². The van der Waals surface area contributed by atoms with E-state index in [0.717, 1.165) is 11.3 Å². The van der Waals surface area contributed by atoms with Crippen molar-refractivity contribution in [2.75, 3.05) is 19.8 Å². The number of aromatic nitrogens is 1. The van der Waals surface area contributed by atoms with Gasteiger partial charge in [0.15, 0.2) is 0 Å². The van der Waals surface area contributed by atoms with E-state index in [4.69, 9.17) is 4.74 Å². The third kappa shape index (κ3) is 3.26. The fraction of sp³-hybridized carbons (Fsp3) is 0.190. The molecule has 1 fully saturated rings. The molecule has 26 heavy (non-hydrogen) atoms. The number of morpholine rings is 1. The van der Waals surface area contributed by atoms with Crippen LogP contribution in [0.4, 0.5) is 4.39 Å². The standard InChI is InChI=1S/C21H19FN2O2/c22-18-7-3-16(4-8-18)20-15-26-14-13-24(20)21(25)17-5-9-19(10-6-17)23-11-1-2-12-23/h1-12,20H,13-15H2. The van der Waals surface area contributed by atoms with Gasteiger partial charge in [0.2, 0.25) is 0 Å². The van der Waals surface area contributed by atoms with Crippen LogP contribution in [0.2, 0.25) is 0 Å². The number of halogens is 1. The molecule has 132 valence electrons. The third-order valence-electron chi connectivity index (χ3n) is 4.66. The van der Waals surface area contributed by atoms with Gasteiger partial charge in [-0.1, -0.05) is 12.1 Å². The first-order chi connectivity index (χ1) is 12.7. The van der Waals surface area contributed by atoms with E-state index >= 15 is 0 Å². The van der Waals surface area contributed by atoms with Gasteiger partial charge in [-0.2, -0.15) is 0 Å². The van der Waals surface area contributed by atoms with E-state index < -0.39 is 0 Å². The largest absolute Gasteiger partial charge is 0.377 e. The van der Waals surface area contributed by atoms with Gasteiger partial charge in [-0.25, -0.2) is 4.39 Å². The van der Waals surface area contributed by atoms with Gasteiger partial charge in [-0.15, -0.1) is 0 Å². The Labute approximate surface area is 151 Å². The Morgan fingerprint density at radius 2 is 1.69 bits per heavy atom. The second-order valence-corrected chi connectivity index (χ2v) is 6.28. The second-order valence-electron chi connectivity index (χ2n) is 6.28. The minimum absolute atomic E-state index is 0.0401. The van der Waals surface area contributed by atoms with Gasteiger partial charge >= 0.3 is 0 Å². The molecule has 1 aliphatic rings. The first kappa shape index (κ1) is 16.5. The van der Waals surface area contributed by atoms with Gasteiger partial charge in [0.25, 0.3) is 5.91 Å². The quantitative estimate of drug-likeness (QED) is 0.719. The average Bonchev–Trinajstić information content (AvgIpc) is 3.23. The van der Waals surface area contributed by atoms with E-state index in [2.05, 4.69) is 0 Å². The number of ether oxygens (including phenoxy) is 1. The predicted octanol–water partition coefficient (Wildman–Crippen LogP) is 3.83. The molecule has 0 N–H and O–H groups in total. The van der Waals surface area contributed by atoms with E-state index in [9.17, 15) is 9.18 Å². The van der Waals surface area contributed by atoms with Crippen LogP contribution in [0.5, 0.6) is 0 Å². The van der Waals surface area contributed by atoms with Crippen molar-refractivity contribution in [1.29, 1.82) is 0 Å². The van der Waals surface area contributed by atoms with Crippen molar-refractivity contribution < 1.29 is 13.9 Å². The Balaban J connectivity index is 1.58. The Bertz CT molecular complexity index is 873. The summed E-state index contributed by atoms with van der Waals surface area (Å²) in [5, 5.41) is 0. The fourth-order valence-electron chi connectivity index (χ4n) is 3.26. The third-order valence-corrected chi connectivity index (χ3v) is 4.66. The van der Waals surface area contributed by atoms with Gasteiger partial charge in [0.1, 0.15) is 5.82 Å². The predicted molar refractivity (Wildman–Crippen MR) is 96.8 cm³/mol. The van der Waals surface area contributed by atoms with Crippen LogP contribution >= 0.6 is 0 Å². The molecule has 4 rings (SSSR count). The fourth-order valence-corrected chi connectivity index (χ4v) is 3.26. The van der Waals surface area contributed by atoms with Gasteiger partial charge in [0.05, 0.1) is 19.3 Å². The number of hydrogen-bond donors (Lipinski definition) is 0. The van der Waals surface area contributed by atoms with E-state index in [1.807, 2.05) is 53.4 Å². The van der Waals surface area contributed by atoms with Crippen LogP contribution in [-0.4, -0.2) is 35.1 Å². The van der Waals surface area contributed by atoms with Crippen molar-refractivity contribution in [3.05, 3.63) is 90.0 Å². The summed E-state index contributed by atoms with van der Waals surface area (Å²) in [5.74, 6) is -0.328. The summed E-state index contributed by atoms with van der Waals surface area (Å²) in [6.45, 7) is 1.43. The molecule has 1 aromatic heterocycles. The highest BCUT2D eigenvalue weighted by Crippen LogP contribution is 2.26. The van der Waals surface area contributed by atoms with E-state index in [-0.39, 0.29) is 17.8 Å². The van der Waals surface area contributed by atoms with Crippen LogP contribution in [0.25, 0.3) is 5.69 Å². The van der Waals surface area contributed by atoms with Crippen LogP contribution in [0.3, 0.4) is 0 Å². The molecule has 1 saturated heterocycles. The van der Waals surface area contributed by atoms with Crippen molar-refractivity contribution in [1.82, 2.24) is 9.47 Å². The van der Waals surface area contributed by atoms with Gasteiger partial charge in [-0.3, -0.25) is 4.79 Å². The molecule has 1 atom stereocenters. The van der Waals surface area contributed by atoms with Crippen LogP contribution in [0.15, 0.2) is 73.1 Å². The molecule has 2 heterocycles. The minimum Gasteiger partial charge on any atom is -0.377 e. The molecular formula is C21H19FN2O2. The van der Waals surface area contributed by atoms with Gasteiger partial charge in [0, 0.05) is 30.2 Å². The topological polar surface area (TPSA) is 34.5 Å². The zero-order chi connectivity index (χ0) is 17.9. The van der Waals surface area contributed by atoms with Crippen LogP contribution in [-0.2, 0) is 4.74 Å². The molecule has 0 saturated carbocycles. The number of benzene rings is 2. The maximum absolute atomic E-state index is 13.2. The number of carbonyl (C=O) groups is 1. The number of amides is 1. The summed E-state index contributed by atoms with van der Waals surface area (Å²) >= 11 is 0. The van der Waals surface area contributed by atoms with Crippen LogP contribution in [0, 0.1) is 5.82 Å². The lowest BCUT2D eigenvalue weighted by molar-refractivity contribution is -0.00271. The molecule has 2 aromatic carbocycles. The highest BCUT2D eigenvalue weighted by atomic mass is 19.1. The first-order valence-corrected chi connectivity index (χ1v) is 8.60. The first-order valence-electron chi connectivity index (χ1n) is 8.60. The van der Waals surface area contributed by atoms with Crippen molar-refractivity contribution >= 4 is 5.91 Å². The SMILES string of the molecule is O=C(c1ccc(-n2cccc2)cc1)N1CCOCC1c1ccc(F)cc1. The van der Waals surface area contributed by atoms with Crippen molar-refractivity contribution in [2.45, 2.75) is 6.04 Å². The molecule has 4 nitrogen and oxygen atoms in total. The lowest BCUT2D eigenvalue weighted by atomic mass is 10.0. The summed E-state index contributed by atoms with van der Waals surface area (Å²) in [4.78, 5) is 14.8. The minimum atomic E-state index is -0.288. The summed E-state index contributed by atoms with van der Waals surface area (Å²) in [7, 11) is 0. The number of hydrogen-bond acceptors (Lipinski definition) is 2. The molecule has 5 heteroatoms. The number of carbonyl (C=O) groups excluding carboxylic acids is 1. The molecule has 0 spiro atoms. The Hall–Kier alpha value is -2.92. The number of nitrogens with zero attached hydrogens (tertiary/aromatic N) is 2. The zero-order valence-electron chi connectivity index (χ0n) is 14.2. The van der Waals surface area contributed by atoms with Crippen molar-refractivity contribution in [2.24, 2.45) is 0 Å². The maximum atomic E-state index is 13.2. The monoisotopic (exact) mass is 350 g/mol. The Morgan fingerprint density at radius 1 is 1.00 bits per heavy atom. The average molecular weight is 350 g/mol. The maximum Gasteiger partial charge on any atom is 0.254 e. The van der Waals surface area contributed by atoms with Crippen LogP contribution in [0.1, 0.15) is 22.0 Å². The molecule has 3 aromatic rings. The van der Waals surface area contributed by atoms with E-state index in [1.54, 1.807) is 17.0 Å². The van der Waals surface area contributed by atoms with E-state index in [0.29, 0.717) is 25.3 Å². The molecule has 1 amide bonds. The zero-order valence-corrected chi connectivity index (χ0v) is 14.2. The van der Waals surface area contributed by atoms with Gasteiger partial charge in [-0.05, 0) is 54.1 Å². The summed E-state index contributed by atoms with van der Waals surface area (Å²) in [6, 6.07) is 17.5. The summed E-state index contributed by atoms with van der Waals surface area (Å²) in [6.07, 6.45) is 3.92.